The smallest absolute Gasteiger partial charge is 0.305 e. The van der Waals surface area contributed by atoms with Crippen LogP contribution in [0.1, 0.15) is 50.8 Å². The fourth-order valence-corrected chi connectivity index (χ4v) is 4.86. The fourth-order valence-electron chi connectivity index (χ4n) is 4.86. The molecule has 0 aliphatic rings. The lowest BCUT2D eigenvalue weighted by Crippen LogP contribution is -2.35. The largest absolute Gasteiger partial charge is 0.494 e. The third-order valence-corrected chi connectivity index (χ3v) is 6.92. The molecule has 0 fully saturated rings. The number of nitrogens with one attached hydrogen (secondary N) is 1. The number of hydrogen-bond donors (Lipinski definition) is 2. The number of hydrogen-bond acceptors (Lipinski definition) is 4. The molecule has 0 aliphatic carbocycles. The number of carboxylic acids is 1. The van der Waals surface area contributed by atoms with Gasteiger partial charge >= 0.3 is 5.97 Å². The van der Waals surface area contributed by atoms with Crippen LogP contribution in [-0.4, -0.2) is 47.5 Å². The molecule has 216 valence electrons. The van der Waals surface area contributed by atoms with Crippen molar-refractivity contribution in [3.05, 3.63) is 125 Å². The first-order valence-corrected chi connectivity index (χ1v) is 14.1. The van der Waals surface area contributed by atoms with E-state index in [1.54, 1.807) is 29.2 Å². The minimum atomic E-state index is -0.977. The van der Waals surface area contributed by atoms with Gasteiger partial charge in [-0.15, -0.1) is 0 Å². The summed E-state index contributed by atoms with van der Waals surface area (Å²) < 4.78 is 5.60. The van der Waals surface area contributed by atoms with Crippen molar-refractivity contribution in [1.82, 2.24) is 10.2 Å². The Morgan fingerprint density at radius 2 is 1.45 bits per heavy atom. The fraction of sp³-hybridized carbons (Fsp3) is 0.229. The van der Waals surface area contributed by atoms with Crippen LogP contribution in [-0.2, 0) is 17.8 Å². The van der Waals surface area contributed by atoms with Crippen molar-refractivity contribution in [3.8, 4) is 16.9 Å². The van der Waals surface area contributed by atoms with Crippen LogP contribution in [0.3, 0.4) is 0 Å². The molecule has 0 heterocycles. The molecule has 0 aliphatic heterocycles. The highest BCUT2D eigenvalue weighted by atomic mass is 16.5. The average Bonchev–Trinajstić information content (AvgIpc) is 3.00. The first kappa shape index (κ1) is 30.1. The summed E-state index contributed by atoms with van der Waals surface area (Å²) in [5.74, 6) is -0.759. The van der Waals surface area contributed by atoms with Crippen molar-refractivity contribution in [2.45, 2.75) is 33.2 Å². The summed E-state index contributed by atoms with van der Waals surface area (Å²) >= 11 is 0. The van der Waals surface area contributed by atoms with Gasteiger partial charge in [0.2, 0.25) is 0 Å². The maximum Gasteiger partial charge on any atom is 0.305 e. The molecule has 0 spiro atoms. The van der Waals surface area contributed by atoms with E-state index in [-0.39, 0.29) is 24.8 Å². The van der Waals surface area contributed by atoms with E-state index in [1.165, 1.54) is 0 Å². The molecule has 42 heavy (non-hydrogen) atoms. The molecule has 2 N–H and O–H groups in total. The van der Waals surface area contributed by atoms with Gasteiger partial charge in [-0.25, -0.2) is 0 Å². The van der Waals surface area contributed by atoms with Crippen molar-refractivity contribution >= 4 is 17.8 Å². The normalized spacial score (nSPS) is 10.6. The zero-order valence-corrected chi connectivity index (χ0v) is 24.0. The Labute approximate surface area is 246 Å². The zero-order valence-electron chi connectivity index (χ0n) is 24.0. The Hall–Kier alpha value is -4.91. The minimum Gasteiger partial charge on any atom is -0.494 e. The molecule has 7 heteroatoms. The van der Waals surface area contributed by atoms with Crippen LogP contribution in [0.4, 0.5) is 0 Å². The SMILES string of the molecule is CCOc1cccc(CCN(CCC(=O)O)C(=O)c2ccccc2-c2ccccc2C(=O)NCc2cccc(C)c2)c1. The van der Waals surface area contributed by atoms with Gasteiger partial charge in [-0.2, -0.15) is 0 Å². The summed E-state index contributed by atoms with van der Waals surface area (Å²) in [6.45, 7) is 5.24. The van der Waals surface area contributed by atoms with E-state index in [0.717, 1.165) is 22.4 Å². The molecule has 0 atom stereocenters. The Kier molecular flexibility index (Phi) is 10.5. The van der Waals surface area contributed by atoms with Crippen molar-refractivity contribution in [1.29, 1.82) is 0 Å². The second kappa shape index (κ2) is 14.6. The highest BCUT2D eigenvalue weighted by Gasteiger charge is 2.22. The zero-order chi connectivity index (χ0) is 29.9. The van der Waals surface area contributed by atoms with Crippen molar-refractivity contribution in [3.63, 3.8) is 0 Å². The summed E-state index contributed by atoms with van der Waals surface area (Å²) in [4.78, 5) is 40.3. The summed E-state index contributed by atoms with van der Waals surface area (Å²) in [7, 11) is 0. The number of benzene rings is 4. The molecule has 0 unspecified atom stereocenters. The molecule has 7 nitrogen and oxygen atoms in total. The third-order valence-electron chi connectivity index (χ3n) is 6.92. The molecule has 2 amide bonds. The summed E-state index contributed by atoms with van der Waals surface area (Å²) in [6, 6.07) is 30.0. The number of amides is 2. The van der Waals surface area contributed by atoms with Gasteiger partial charge in [0.15, 0.2) is 0 Å². The van der Waals surface area contributed by atoms with Crippen LogP contribution in [0.15, 0.2) is 97.1 Å². The minimum absolute atomic E-state index is 0.0618. The van der Waals surface area contributed by atoms with Crippen LogP contribution >= 0.6 is 0 Å². The summed E-state index contributed by atoms with van der Waals surface area (Å²) in [5, 5.41) is 12.4. The predicted octanol–water partition coefficient (Wildman–Crippen LogP) is 6.15. The molecular formula is C35H36N2O5. The quantitative estimate of drug-likeness (QED) is 0.203. The molecule has 0 saturated carbocycles. The number of carboxylic acid groups (broad SMARTS) is 1. The Balaban J connectivity index is 1.59. The molecule has 4 aromatic carbocycles. The maximum atomic E-state index is 14.0. The van der Waals surface area contributed by atoms with E-state index < -0.39 is 5.97 Å². The Morgan fingerprint density at radius 1 is 0.786 bits per heavy atom. The first-order valence-electron chi connectivity index (χ1n) is 14.1. The number of nitrogens with zero attached hydrogens (tertiary/aromatic N) is 1. The van der Waals surface area contributed by atoms with Gasteiger partial charge in [-0.1, -0.05) is 78.4 Å². The highest BCUT2D eigenvalue weighted by Crippen LogP contribution is 2.29. The Bertz CT molecular complexity index is 1550. The summed E-state index contributed by atoms with van der Waals surface area (Å²) in [5.41, 5.74) is 5.20. The van der Waals surface area contributed by atoms with Gasteiger partial charge in [0.05, 0.1) is 13.0 Å². The van der Waals surface area contributed by atoms with E-state index in [0.29, 0.717) is 48.4 Å². The van der Waals surface area contributed by atoms with Gasteiger partial charge in [-0.3, -0.25) is 14.4 Å². The molecule has 0 aromatic heterocycles. The molecule has 4 aromatic rings. The van der Waals surface area contributed by atoms with Crippen molar-refractivity contribution in [2.24, 2.45) is 0 Å². The summed E-state index contributed by atoms with van der Waals surface area (Å²) in [6.07, 6.45) is 0.358. The second-order valence-corrected chi connectivity index (χ2v) is 10.0. The molecule has 4 rings (SSSR count). The van der Waals surface area contributed by atoms with Gasteiger partial charge < -0.3 is 20.1 Å². The lowest BCUT2D eigenvalue weighted by Gasteiger charge is -2.24. The van der Waals surface area contributed by atoms with Gasteiger partial charge in [-0.05, 0) is 66.8 Å². The number of carbonyl (C=O) groups is 3. The van der Waals surface area contributed by atoms with Crippen LogP contribution in [0.5, 0.6) is 5.75 Å². The number of aryl methyl sites for hydroxylation is 1. The lowest BCUT2D eigenvalue weighted by molar-refractivity contribution is -0.137. The third kappa shape index (κ3) is 8.07. The number of rotatable bonds is 13. The van der Waals surface area contributed by atoms with Crippen LogP contribution in [0.2, 0.25) is 0 Å². The standard InChI is InChI=1S/C35H36N2O5/c1-3-42-28-13-9-11-26(23-28)18-20-37(21-19-33(38)39)35(41)32-17-7-5-15-30(32)29-14-4-6-16-31(29)34(40)36-24-27-12-8-10-25(2)22-27/h4-17,22-23H,3,18-21,24H2,1-2H3,(H,36,40)(H,38,39). The highest BCUT2D eigenvalue weighted by molar-refractivity contribution is 6.06. The lowest BCUT2D eigenvalue weighted by atomic mass is 9.94. The topological polar surface area (TPSA) is 95.9 Å². The van der Waals surface area contributed by atoms with Gasteiger partial charge in [0, 0.05) is 30.8 Å². The second-order valence-electron chi connectivity index (χ2n) is 10.0. The van der Waals surface area contributed by atoms with Crippen molar-refractivity contribution in [2.75, 3.05) is 19.7 Å². The number of carbonyl (C=O) groups excluding carboxylic acids is 2. The van der Waals surface area contributed by atoms with E-state index >= 15 is 0 Å². The van der Waals surface area contributed by atoms with Crippen LogP contribution < -0.4 is 10.1 Å². The van der Waals surface area contributed by atoms with Crippen molar-refractivity contribution < 1.29 is 24.2 Å². The van der Waals surface area contributed by atoms with E-state index in [4.69, 9.17) is 4.74 Å². The molecular weight excluding hydrogens is 528 g/mol. The number of aliphatic carboxylic acids is 1. The molecule has 0 bridgehead atoms. The molecule has 0 radical (unpaired) electrons. The van der Waals surface area contributed by atoms with E-state index in [9.17, 15) is 19.5 Å². The number of ether oxygens (including phenoxy) is 1. The van der Waals surface area contributed by atoms with E-state index in [1.807, 2.05) is 86.6 Å². The van der Waals surface area contributed by atoms with Crippen LogP contribution in [0, 0.1) is 6.92 Å². The van der Waals surface area contributed by atoms with Crippen LogP contribution in [0.25, 0.3) is 11.1 Å². The average molecular weight is 565 g/mol. The van der Waals surface area contributed by atoms with Gasteiger partial charge in [0.25, 0.3) is 11.8 Å². The van der Waals surface area contributed by atoms with E-state index in [2.05, 4.69) is 5.32 Å². The Morgan fingerprint density at radius 3 is 2.17 bits per heavy atom. The monoisotopic (exact) mass is 564 g/mol. The first-order chi connectivity index (χ1) is 20.4. The molecule has 0 saturated heterocycles. The maximum absolute atomic E-state index is 14.0. The van der Waals surface area contributed by atoms with Gasteiger partial charge in [0.1, 0.15) is 5.75 Å². The predicted molar refractivity (Wildman–Crippen MR) is 164 cm³/mol.